The van der Waals surface area contributed by atoms with Gasteiger partial charge in [0.05, 0.1) is 26.2 Å². The van der Waals surface area contributed by atoms with Crippen LogP contribution in [0.25, 0.3) is 0 Å². The Bertz CT molecular complexity index is 1120. The molecule has 0 heterocycles. The number of hydrogen-bond donors (Lipinski definition) is 1. The molecule has 0 radical (unpaired) electrons. The molecule has 2 amide bonds. The first-order valence-electron chi connectivity index (χ1n) is 11.3. The number of benzene rings is 2. The maximum atomic E-state index is 13.6. The predicted molar refractivity (Wildman–Crippen MR) is 136 cm³/mol. The minimum Gasteiger partial charge on any atom is -0.497 e. The summed E-state index contributed by atoms with van der Waals surface area (Å²) in [6.45, 7) is 5.06. The van der Waals surface area contributed by atoms with Crippen molar-refractivity contribution in [2.24, 2.45) is 0 Å². The number of nitrogens with one attached hydrogen (secondary N) is 1. The second kappa shape index (κ2) is 12.4. The van der Waals surface area contributed by atoms with Gasteiger partial charge in [-0.2, -0.15) is 0 Å². The van der Waals surface area contributed by atoms with E-state index in [0.717, 1.165) is 22.5 Å². The minimum atomic E-state index is -3.85. The summed E-state index contributed by atoms with van der Waals surface area (Å²) < 4.78 is 37.0. The molecular formula is C25H35N3O6S. The molecule has 35 heavy (non-hydrogen) atoms. The number of sulfonamides is 1. The van der Waals surface area contributed by atoms with E-state index < -0.39 is 28.5 Å². The van der Waals surface area contributed by atoms with Crippen LogP contribution in [0.15, 0.2) is 48.5 Å². The highest BCUT2D eigenvalue weighted by atomic mass is 32.2. The van der Waals surface area contributed by atoms with Crippen molar-refractivity contribution in [1.29, 1.82) is 0 Å². The van der Waals surface area contributed by atoms with Crippen LogP contribution in [0.2, 0.25) is 0 Å². The Kier molecular flexibility index (Phi) is 9.94. The van der Waals surface area contributed by atoms with E-state index in [4.69, 9.17) is 9.47 Å². The maximum Gasteiger partial charge on any atom is 0.244 e. The van der Waals surface area contributed by atoms with Crippen molar-refractivity contribution in [2.45, 2.75) is 45.8 Å². The predicted octanol–water partition coefficient (Wildman–Crippen LogP) is 2.80. The second-order valence-electron chi connectivity index (χ2n) is 8.31. The van der Waals surface area contributed by atoms with Gasteiger partial charge in [0.2, 0.25) is 21.8 Å². The number of rotatable bonds is 12. The lowest BCUT2D eigenvalue weighted by molar-refractivity contribution is -0.139. The van der Waals surface area contributed by atoms with Crippen LogP contribution in [0.1, 0.15) is 32.8 Å². The van der Waals surface area contributed by atoms with Gasteiger partial charge >= 0.3 is 0 Å². The molecule has 1 N–H and O–H groups in total. The van der Waals surface area contributed by atoms with Crippen molar-refractivity contribution >= 4 is 27.5 Å². The number of nitrogens with zero attached hydrogens (tertiary/aromatic N) is 2. The van der Waals surface area contributed by atoms with Crippen molar-refractivity contribution in [3.8, 4) is 11.5 Å². The quantitative estimate of drug-likeness (QED) is 0.476. The van der Waals surface area contributed by atoms with Crippen LogP contribution >= 0.6 is 0 Å². The van der Waals surface area contributed by atoms with E-state index >= 15 is 0 Å². The highest BCUT2D eigenvalue weighted by Crippen LogP contribution is 2.29. The van der Waals surface area contributed by atoms with Crippen molar-refractivity contribution in [3.05, 3.63) is 54.1 Å². The van der Waals surface area contributed by atoms with Crippen LogP contribution in [0.3, 0.4) is 0 Å². The Morgan fingerprint density at radius 2 is 1.71 bits per heavy atom. The summed E-state index contributed by atoms with van der Waals surface area (Å²) >= 11 is 0. The Morgan fingerprint density at radius 3 is 2.31 bits per heavy atom. The fraction of sp³-hybridized carbons (Fsp3) is 0.440. The van der Waals surface area contributed by atoms with Gasteiger partial charge in [0, 0.05) is 12.6 Å². The smallest absolute Gasteiger partial charge is 0.244 e. The third-order valence-corrected chi connectivity index (χ3v) is 6.81. The number of carbonyl (C=O) groups is 2. The van der Waals surface area contributed by atoms with Crippen LogP contribution in [-0.2, 0) is 26.2 Å². The van der Waals surface area contributed by atoms with E-state index in [9.17, 15) is 18.0 Å². The molecule has 0 spiro atoms. The molecule has 0 saturated carbocycles. The van der Waals surface area contributed by atoms with Gasteiger partial charge in [0.25, 0.3) is 0 Å². The molecule has 2 rings (SSSR count). The Balaban J connectivity index is 2.44. The van der Waals surface area contributed by atoms with Gasteiger partial charge in [-0.25, -0.2) is 8.42 Å². The van der Waals surface area contributed by atoms with Gasteiger partial charge in [-0.15, -0.1) is 0 Å². The summed E-state index contributed by atoms with van der Waals surface area (Å²) in [5.74, 6) is 0.0702. The summed E-state index contributed by atoms with van der Waals surface area (Å²) in [7, 11) is -0.875. The first-order chi connectivity index (χ1) is 16.5. The average Bonchev–Trinajstić information content (AvgIpc) is 2.84. The molecule has 9 nitrogen and oxygen atoms in total. The maximum absolute atomic E-state index is 13.6. The summed E-state index contributed by atoms with van der Waals surface area (Å²) in [4.78, 5) is 27.9. The van der Waals surface area contributed by atoms with E-state index in [0.29, 0.717) is 11.5 Å². The normalized spacial score (nSPS) is 12.9. The zero-order chi connectivity index (χ0) is 26.2. The highest BCUT2D eigenvalue weighted by Gasteiger charge is 2.31. The molecule has 0 aromatic heterocycles. The third-order valence-electron chi connectivity index (χ3n) is 5.69. The van der Waals surface area contributed by atoms with Gasteiger partial charge in [-0.1, -0.05) is 31.2 Å². The zero-order valence-corrected chi connectivity index (χ0v) is 22.0. The SMILES string of the molecule is CC[C@H](C)NC(=O)[C@H](C)N(Cc1cccc(OC)c1)C(=O)CN(c1ccccc1OC)S(C)(=O)=O. The van der Waals surface area contributed by atoms with Crippen LogP contribution in [0.4, 0.5) is 5.69 Å². The Morgan fingerprint density at radius 1 is 1.03 bits per heavy atom. The van der Waals surface area contributed by atoms with E-state index in [1.165, 1.54) is 12.0 Å². The molecule has 0 aliphatic rings. The Labute approximate surface area is 208 Å². The summed E-state index contributed by atoms with van der Waals surface area (Å²) in [5.41, 5.74) is 0.980. The number of methoxy groups -OCH3 is 2. The van der Waals surface area contributed by atoms with Crippen molar-refractivity contribution in [2.75, 3.05) is 31.3 Å². The number of ether oxygens (including phenoxy) is 2. The van der Waals surface area contributed by atoms with Crippen LogP contribution in [-0.4, -0.2) is 64.2 Å². The zero-order valence-electron chi connectivity index (χ0n) is 21.1. The summed E-state index contributed by atoms with van der Waals surface area (Å²) in [6, 6.07) is 12.8. The van der Waals surface area contributed by atoms with E-state index in [1.54, 1.807) is 56.5 Å². The van der Waals surface area contributed by atoms with Crippen molar-refractivity contribution in [1.82, 2.24) is 10.2 Å². The van der Waals surface area contributed by atoms with E-state index in [2.05, 4.69) is 5.32 Å². The number of amides is 2. The molecule has 0 fully saturated rings. The van der Waals surface area contributed by atoms with Gasteiger partial charge < -0.3 is 19.7 Å². The van der Waals surface area contributed by atoms with Crippen molar-refractivity contribution in [3.63, 3.8) is 0 Å². The lowest BCUT2D eigenvalue weighted by Gasteiger charge is -2.32. The highest BCUT2D eigenvalue weighted by molar-refractivity contribution is 7.92. The van der Waals surface area contributed by atoms with Gasteiger partial charge in [-0.3, -0.25) is 13.9 Å². The topological polar surface area (TPSA) is 105 Å². The third kappa shape index (κ3) is 7.61. The summed E-state index contributed by atoms with van der Waals surface area (Å²) in [5, 5.41) is 2.90. The largest absolute Gasteiger partial charge is 0.497 e. The molecule has 0 saturated heterocycles. The number of carbonyl (C=O) groups excluding carboxylic acids is 2. The van der Waals surface area contributed by atoms with Crippen LogP contribution in [0.5, 0.6) is 11.5 Å². The molecule has 2 aromatic rings. The standard InChI is InChI=1S/C25H35N3O6S/c1-7-18(2)26-25(30)19(3)27(16-20-11-10-12-21(15-20)33-4)24(29)17-28(35(6,31)32)22-13-8-9-14-23(22)34-5/h8-15,18-19H,7,16-17H2,1-6H3,(H,26,30)/t18-,19-/m0/s1. The van der Waals surface area contributed by atoms with E-state index in [-0.39, 0.29) is 24.2 Å². The van der Waals surface area contributed by atoms with Gasteiger partial charge in [0.15, 0.2) is 0 Å². The molecular weight excluding hydrogens is 470 g/mol. The lowest BCUT2D eigenvalue weighted by atomic mass is 10.1. The fourth-order valence-corrected chi connectivity index (χ4v) is 4.30. The number of anilines is 1. The molecule has 10 heteroatoms. The fourth-order valence-electron chi connectivity index (χ4n) is 3.45. The first-order valence-corrected chi connectivity index (χ1v) is 13.2. The molecule has 0 aliphatic carbocycles. The van der Waals surface area contributed by atoms with Crippen LogP contribution < -0.4 is 19.1 Å². The number of hydrogen-bond acceptors (Lipinski definition) is 6. The molecule has 0 aliphatic heterocycles. The molecule has 192 valence electrons. The molecule has 0 unspecified atom stereocenters. The molecule has 0 bridgehead atoms. The molecule has 2 aromatic carbocycles. The van der Waals surface area contributed by atoms with Gasteiger partial charge in [-0.05, 0) is 50.1 Å². The Hall–Kier alpha value is -3.27. The monoisotopic (exact) mass is 505 g/mol. The van der Waals surface area contributed by atoms with Gasteiger partial charge in [0.1, 0.15) is 24.1 Å². The summed E-state index contributed by atoms with van der Waals surface area (Å²) in [6.07, 6.45) is 1.76. The lowest BCUT2D eigenvalue weighted by Crippen LogP contribution is -2.52. The first kappa shape index (κ1) is 28.0. The second-order valence-corrected chi connectivity index (χ2v) is 10.2. The minimum absolute atomic E-state index is 0.0696. The number of para-hydroxylation sites is 2. The molecule has 2 atom stereocenters. The van der Waals surface area contributed by atoms with Crippen molar-refractivity contribution < 1.29 is 27.5 Å². The van der Waals surface area contributed by atoms with E-state index in [1.807, 2.05) is 19.9 Å². The van der Waals surface area contributed by atoms with Crippen LogP contribution in [0, 0.1) is 0 Å². The average molecular weight is 506 g/mol.